The maximum absolute atomic E-state index is 11.3. The van der Waals surface area contributed by atoms with E-state index >= 15 is 0 Å². The molecule has 1 saturated carbocycles. The normalized spacial score (nSPS) is 17.5. The Labute approximate surface area is 78.8 Å². The van der Waals surface area contributed by atoms with Crippen LogP contribution in [0.2, 0.25) is 0 Å². The van der Waals surface area contributed by atoms with Crippen LogP contribution in [-0.4, -0.2) is 25.7 Å². The molecule has 1 aliphatic rings. The van der Waals surface area contributed by atoms with Gasteiger partial charge in [-0.25, -0.2) is 0 Å². The second-order valence-corrected chi connectivity index (χ2v) is 3.25. The fraction of sp³-hybridized carbons (Fsp3) is 0.700. The number of hydrogen-bond donors (Lipinski definition) is 1. The molecule has 0 aliphatic heterocycles. The first-order valence-corrected chi connectivity index (χ1v) is 4.54. The molecule has 72 valence electrons. The summed E-state index contributed by atoms with van der Waals surface area (Å²) in [6.07, 6.45) is 7.99. The molecule has 3 heteroatoms. The zero-order valence-corrected chi connectivity index (χ0v) is 7.88. The minimum Gasteiger partial charge on any atom is -0.468 e. The zero-order valence-electron chi connectivity index (χ0n) is 7.88. The minimum absolute atomic E-state index is 0.140. The van der Waals surface area contributed by atoms with Crippen LogP contribution in [0.15, 0.2) is 0 Å². The van der Waals surface area contributed by atoms with Crippen LogP contribution in [0.5, 0.6) is 0 Å². The maximum atomic E-state index is 11.3. The lowest BCUT2D eigenvalue weighted by molar-refractivity contribution is -0.143. The molecule has 1 rings (SSSR count). The average Bonchev–Trinajstić information content (AvgIpc) is 2.95. The molecule has 0 radical (unpaired) electrons. The van der Waals surface area contributed by atoms with Gasteiger partial charge in [-0.2, -0.15) is 0 Å². The van der Waals surface area contributed by atoms with Gasteiger partial charge in [0.05, 0.1) is 7.11 Å². The van der Waals surface area contributed by atoms with Crippen LogP contribution >= 0.6 is 0 Å². The molecule has 0 spiro atoms. The number of esters is 1. The summed E-state index contributed by atoms with van der Waals surface area (Å²) in [7, 11) is 1.42. The van der Waals surface area contributed by atoms with E-state index in [2.05, 4.69) is 11.2 Å². The Bertz CT molecular complexity index is 215. The molecule has 0 heterocycles. The number of carbonyl (C=O) groups excluding carboxylic acids is 1. The van der Waals surface area contributed by atoms with Crippen LogP contribution in [0.25, 0.3) is 0 Å². The van der Waals surface area contributed by atoms with Crippen LogP contribution in [-0.2, 0) is 9.53 Å². The molecule has 0 bridgehead atoms. The van der Waals surface area contributed by atoms with Gasteiger partial charge in [0.25, 0.3) is 0 Å². The highest BCUT2D eigenvalue weighted by Gasteiger charge is 2.36. The standard InChI is InChI=1S/C10H15NO2/c1-3-4-7-11-9(8-5-6-8)10(12)13-2/h1,8-9,11H,4-7H2,2H3. The van der Waals surface area contributed by atoms with Gasteiger partial charge in [-0.05, 0) is 18.8 Å². The molecule has 3 nitrogen and oxygen atoms in total. The molecule has 1 fully saturated rings. The van der Waals surface area contributed by atoms with Crippen LogP contribution in [0, 0.1) is 18.3 Å². The average molecular weight is 181 g/mol. The van der Waals surface area contributed by atoms with Crippen LogP contribution in [0.1, 0.15) is 19.3 Å². The first kappa shape index (κ1) is 10.1. The molecule has 0 aromatic heterocycles. The van der Waals surface area contributed by atoms with Gasteiger partial charge in [0.2, 0.25) is 0 Å². The SMILES string of the molecule is C#CCCNC(C(=O)OC)C1CC1. The first-order valence-electron chi connectivity index (χ1n) is 4.54. The number of carbonyl (C=O) groups is 1. The Hall–Kier alpha value is -1.01. The van der Waals surface area contributed by atoms with Crippen molar-refractivity contribution in [2.24, 2.45) is 5.92 Å². The van der Waals surface area contributed by atoms with E-state index in [4.69, 9.17) is 11.2 Å². The van der Waals surface area contributed by atoms with E-state index in [0.29, 0.717) is 18.9 Å². The third-order valence-electron chi connectivity index (χ3n) is 2.18. The first-order chi connectivity index (χ1) is 6.29. The number of methoxy groups -OCH3 is 1. The summed E-state index contributed by atoms with van der Waals surface area (Å²) >= 11 is 0. The van der Waals surface area contributed by atoms with E-state index in [1.165, 1.54) is 7.11 Å². The highest BCUT2D eigenvalue weighted by Crippen LogP contribution is 2.33. The van der Waals surface area contributed by atoms with Crippen molar-refractivity contribution in [3.05, 3.63) is 0 Å². The molecular formula is C10H15NO2. The number of terminal acetylenes is 1. The predicted molar refractivity (Wildman–Crippen MR) is 50.0 cm³/mol. The van der Waals surface area contributed by atoms with Gasteiger partial charge < -0.3 is 10.1 Å². The topological polar surface area (TPSA) is 38.3 Å². The van der Waals surface area contributed by atoms with E-state index in [1.807, 2.05) is 0 Å². The Morgan fingerprint density at radius 1 is 1.77 bits per heavy atom. The van der Waals surface area contributed by atoms with Gasteiger partial charge in [-0.1, -0.05) is 0 Å². The van der Waals surface area contributed by atoms with E-state index in [0.717, 1.165) is 12.8 Å². The Balaban J connectivity index is 2.30. The van der Waals surface area contributed by atoms with Crippen molar-refractivity contribution in [1.82, 2.24) is 5.32 Å². The lowest BCUT2D eigenvalue weighted by atomic mass is 10.2. The third kappa shape index (κ3) is 3.08. The van der Waals surface area contributed by atoms with Crippen molar-refractivity contribution < 1.29 is 9.53 Å². The number of rotatable bonds is 5. The Kier molecular flexibility index (Phi) is 3.78. The summed E-state index contributed by atoms with van der Waals surface area (Å²) < 4.78 is 4.69. The van der Waals surface area contributed by atoms with Gasteiger partial charge in [-0.3, -0.25) is 4.79 Å². The fourth-order valence-corrected chi connectivity index (χ4v) is 1.30. The highest BCUT2D eigenvalue weighted by atomic mass is 16.5. The largest absolute Gasteiger partial charge is 0.468 e. The highest BCUT2D eigenvalue weighted by molar-refractivity contribution is 5.76. The maximum Gasteiger partial charge on any atom is 0.323 e. The molecule has 1 N–H and O–H groups in total. The van der Waals surface area contributed by atoms with Crippen molar-refractivity contribution >= 4 is 5.97 Å². The molecule has 0 aromatic rings. The van der Waals surface area contributed by atoms with E-state index in [-0.39, 0.29) is 12.0 Å². The molecule has 1 unspecified atom stereocenters. The monoisotopic (exact) mass is 181 g/mol. The lowest BCUT2D eigenvalue weighted by Crippen LogP contribution is -2.39. The minimum atomic E-state index is -0.167. The van der Waals surface area contributed by atoms with Crippen molar-refractivity contribution in [2.75, 3.05) is 13.7 Å². The van der Waals surface area contributed by atoms with E-state index in [9.17, 15) is 4.79 Å². The molecule has 0 amide bonds. The zero-order chi connectivity index (χ0) is 9.68. The van der Waals surface area contributed by atoms with E-state index < -0.39 is 0 Å². The van der Waals surface area contributed by atoms with Crippen molar-refractivity contribution in [1.29, 1.82) is 0 Å². The van der Waals surface area contributed by atoms with Crippen LogP contribution in [0.4, 0.5) is 0 Å². The second-order valence-electron chi connectivity index (χ2n) is 3.25. The molecule has 0 aromatic carbocycles. The number of ether oxygens (including phenoxy) is 1. The Morgan fingerprint density at radius 3 is 2.92 bits per heavy atom. The molecular weight excluding hydrogens is 166 g/mol. The summed E-state index contributed by atoms with van der Waals surface area (Å²) in [5.41, 5.74) is 0. The summed E-state index contributed by atoms with van der Waals surface area (Å²) in [6, 6.07) is -0.140. The molecule has 13 heavy (non-hydrogen) atoms. The van der Waals surface area contributed by atoms with Crippen molar-refractivity contribution in [2.45, 2.75) is 25.3 Å². The second kappa shape index (κ2) is 4.88. The van der Waals surface area contributed by atoms with Gasteiger partial charge >= 0.3 is 5.97 Å². The quantitative estimate of drug-likeness (QED) is 0.382. The molecule has 1 atom stereocenters. The summed E-state index contributed by atoms with van der Waals surface area (Å²) in [6.45, 7) is 0.687. The van der Waals surface area contributed by atoms with Gasteiger partial charge in [-0.15, -0.1) is 12.3 Å². The number of nitrogens with one attached hydrogen (secondary N) is 1. The van der Waals surface area contributed by atoms with Gasteiger partial charge in [0, 0.05) is 13.0 Å². The van der Waals surface area contributed by atoms with Gasteiger partial charge in [0.15, 0.2) is 0 Å². The van der Waals surface area contributed by atoms with Crippen molar-refractivity contribution in [3.8, 4) is 12.3 Å². The predicted octanol–water partition coefficient (Wildman–Crippen LogP) is 0.551. The van der Waals surface area contributed by atoms with E-state index in [1.54, 1.807) is 0 Å². The smallest absolute Gasteiger partial charge is 0.323 e. The van der Waals surface area contributed by atoms with Crippen LogP contribution in [0.3, 0.4) is 0 Å². The van der Waals surface area contributed by atoms with Crippen molar-refractivity contribution in [3.63, 3.8) is 0 Å². The fourth-order valence-electron chi connectivity index (χ4n) is 1.30. The lowest BCUT2D eigenvalue weighted by Gasteiger charge is -2.14. The van der Waals surface area contributed by atoms with Gasteiger partial charge in [0.1, 0.15) is 6.04 Å². The Morgan fingerprint density at radius 2 is 2.46 bits per heavy atom. The summed E-state index contributed by atoms with van der Waals surface area (Å²) in [5.74, 6) is 2.82. The summed E-state index contributed by atoms with van der Waals surface area (Å²) in [5, 5.41) is 3.12. The van der Waals surface area contributed by atoms with Crippen LogP contribution < -0.4 is 5.32 Å². The molecule has 0 saturated heterocycles. The third-order valence-corrected chi connectivity index (χ3v) is 2.18. The summed E-state index contributed by atoms with van der Waals surface area (Å²) in [4.78, 5) is 11.3. The molecule has 1 aliphatic carbocycles. The number of hydrogen-bond acceptors (Lipinski definition) is 3.